The van der Waals surface area contributed by atoms with Crippen LogP contribution < -0.4 is 10.0 Å². The highest BCUT2D eigenvalue weighted by atomic mass is 32.2. The van der Waals surface area contributed by atoms with Crippen molar-refractivity contribution in [3.63, 3.8) is 0 Å². The van der Waals surface area contributed by atoms with E-state index in [1.165, 1.54) is 12.8 Å². The van der Waals surface area contributed by atoms with Gasteiger partial charge in [-0.25, -0.2) is 13.1 Å². The van der Waals surface area contributed by atoms with E-state index in [-0.39, 0.29) is 5.75 Å². The number of hydrogen-bond acceptors (Lipinski definition) is 4. The minimum atomic E-state index is -3.09. The van der Waals surface area contributed by atoms with Gasteiger partial charge >= 0.3 is 0 Å². The number of hydrogen-bond donors (Lipinski definition) is 2. The Labute approximate surface area is 123 Å². The number of rotatable bonds is 9. The van der Waals surface area contributed by atoms with Crippen LogP contribution in [0.1, 0.15) is 39.0 Å². The fourth-order valence-corrected chi connectivity index (χ4v) is 4.14. The van der Waals surface area contributed by atoms with Crippen molar-refractivity contribution in [2.24, 2.45) is 5.92 Å². The van der Waals surface area contributed by atoms with E-state index < -0.39 is 10.0 Å². The Morgan fingerprint density at radius 2 is 1.90 bits per heavy atom. The molecule has 1 heterocycles. The maximum atomic E-state index is 12.0. The van der Waals surface area contributed by atoms with Crippen LogP contribution in [0.15, 0.2) is 0 Å². The highest BCUT2D eigenvalue weighted by molar-refractivity contribution is 7.89. The number of likely N-dealkylation sites (N-methyl/N-ethyl adjacent to an activating group) is 1. The molecular formula is C14H29N3O2S. The lowest BCUT2D eigenvalue weighted by atomic mass is 9.96. The van der Waals surface area contributed by atoms with Crippen molar-refractivity contribution < 1.29 is 8.42 Å². The first kappa shape index (κ1) is 16.2. The summed E-state index contributed by atoms with van der Waals surface area (Å²) in [5.41, 5.74) is 0. The monoisotopic (exact) mass is 303 g/mol. The summed E-state index contributed by atoms with van der Waals surface area (Å²) in [6.07, 6.45) is 5.57. The summed E-state index contributed by atoms with van der Waals surface area (Å²) in [6.45, 7) is 6.62. The van der Waals surface area contributed by atoms with Gasteiger partial charge in [-0.05, 0) is 57.7 Å². The van der Waals surface area contributed by atoms with Gasteiger partial charge in [0, 0.05) is 19.1 Å². The first-order chi connectivity index (χ1) is 9.61. The van der Waals surface area contributed by atoms with Gasteiger partial charge < -0.3 is 5.32 Å². The summed E-state index contributed by atoms with van der Waals surface area (Å²) in [5.74, 6) is 0.860. The van der Waals surface area contributed by atoms with Crippen LogP contribution in [0.5, 0.6) is 0 Å². The standard InChI is InChI=1S/C14H29N3O2S/c1-2-17(14-3-4-14)11-10-16-20(18,19)12-7-13-5-8-15-9-6-13/h13-16H,2-12H2,1H3. The van der Waals surface area contributed by atoms with Gasteiger partial charge in [-0.1, -0.05) is 6.92 Å². The van der Waals surface area contributed by atoms with Crippen LogP contribution in [0.4, 0.5) is 0 Å². The zero-order valence-corrected chi connectivity index (χ0v) is 13.4. The molecule has 0 aromatic rings. The largest absolute Gasteiger partial charge is 0.317 e. The smallest absolute Gasteiger partial charge is 0.211 e. The number of sulfonamides is 1. The molecule has 0 spiro atoms. The fraction of sp³-hybridized carbons (Fsp3) is 1.00. The molecule has 0 bridgehead atoms. The third-order valence-electron chi connectivity index (χ3n) is 4.44. The lowest BCUT2D eigenvalue weighted by Gasteiger charge is -2.23. The normalized spacial score (nSPS) is 21.5. The van der Waals surface area contributed by atoms with Crippen LogP contribution in [-0.4, -0.2) is 57.8 Å². The van der Waals surface area contributed by atoms with Crippen molar-refractivity contribution in [2.45, 2.75) is 45.1 Å². The van der Waals surface area contributed by atoms with Gasteiger partial charge in [-0.3, -0.25) is 4.90 Å². The van der Waals surface area contributed by atoms with Gasteiger partial charge in [0.15, 0.2) is 0 Å². The Hall–Kier alpha value is -0.170. The van der Waals surface area contributed by atoms with Gasteiger partial charge in [-0.2, -0.15) is 0 Å². The lowest BCUT2D eigenvalue weighted by Crippen LogP contribution is -2.37. The molecule has 0 aromatic heterocycles. The van der Waals surface area contributed by atoms with E-state index in [4.69, 9.17) is 0 Å². The molecule has 1 aliphatic carbocycles. The summed E-state index contributed by atoms with van der Waals surface area (Å²) >= 11 is 0. The highest BCUT2D eigenvalue weighted by Crippen LogP contribution is 2.25. The SMILES string of the molecule is CCN(CCNS(=O)(=O)CCC1CCNCC1)C1CC1. The van der Waals surface area contributed by atoms with Gasteiger partial charge in [0.25, 0.3) is 0 Å². The van der Waals surface area contributed by atoms with Crippen molar-refractivity contribution in [3.05, 3.63) is 0 Å². The van der Waals surface area contributed by atoms with Crippen LogP contribution in [0.2, 0.25) is 0 Å². The highest BCUT2D eigenvalue weighted by Gasteiger charge is 2.27. The molecule has 0 aromatic carbocycles. The molecule has 20 heavy (non-hydrogen) atoms. The molecule has 0 unspecified atom stereocenters. The van der Waals surface area contributed by atoms with Gasteiger partial charge in [0.05, 0.1) is 5.75 Å². The van der Waals surface area contributed by atoms with Crippen molar-refractivity contribution in [1.82, 2.24) is 14.9 Å². The van der Waals surface area contributed by atoms with E-state index in [1.54, 1.807) is 0 Å². The molecule has 0 atom stereocenters. The number of nitrogens with zero attached hydrogens (tertiary/aromatic N) is 1. The third-order valence-corrected chi connectivity index (χ3v) is 5.86. The van der Waals surface area contributed by atoms with Gasteiger partial charge in [0.1, 0.15) is 0 Å². The molecule has 118 valence electrons. The maximum absolute atomic E-state index is 12.0. The second-order valence-corrected chi connectivity index (χ2v) is 7.98. The topological polar surface area (TPSA) is 61.4 Å². The number of nitrogens with one attached hydrogen (secondary N) is 2. The molecule has 1 saturated heterocycles. The Bertz CT molecular complexity index is 376. The zero-order chi connectivity index (χ0) is 14.4. The summed E-state index contributed by atoms with van der Waals surface area (Å²) in [4.78, 5) is 2.37. The molecule has 1 saturated carbocycles. The first-order valence-electron chi connectivity index (χ1n) is 8.03. The predicted molar refractivity (Wildman–Crippen MR) is 82.3 cm³/mol. The van der Waals surface area contributed by atoms with E-state index in [0.717, 1.165) is 45.4 Å². The Kier molecular flexibility index (Phi) is 6.26. The summed E-state index contributed by atoms with van der Waals surface area (Å²) in [5, 5.41) is 3.31. The minimum absolute atomic E-state index is 0.285. The number of piperidine rings is 1. The molecule has 0 radical (unpaired) electrons. The van der Waals surface area contributed by atoms with E-state index in [1.807, 2.05) is 0 Å². The van der Waals surface area contributed by atoms with E-state index in [0.29, 0.717) is 18.5 Å². The summed E-state index contributed by atoms with van der Waals surface area (Å²) in [7, 11) is -3.09. The van der Waals surface area contributed by atoms with Gasteiger partial charge in [-0.15, -0.1) is 0 Å². The molecule has 2 N–H and O–H groups in total. The second kappa shape index (κ2) is 7.73. The molecule has 1 aliphatic heterocycles. The van der Waals surface area contributed by atoms with Crippen LogP contribution in [-0.2, 0) is 10.0 Å². The Morgan fingerprint density at radius 3 is 2.50 bits per heavy atom. The summed E-state index contributed by atoms with van der Waals surface area (Å²) in [6, 6.07) is 0.708. The Morgan fingerprint density at radius 1 is 1.20 bits per heavy atom. The summed E-state index contributed by atoms with van der Waals surface area (Å²) < 4.78 is 26.7. The van der Waals surface area contributed by atoms with Crippen LogP contribution in [0.25, 0.3) is 0 Å². The molecule has 0 amide bonds. The van der Waals surface area contributed by atoms with Crippen LogP contribution in [0.3, 0.4) is 0 Å². The molecule has 2 rings (SSSR count). The molecule has 5 nitrogen and oxygen atoms in total. The Balaban J connectivity index is 1.62. The lowest BCUT2D eigenvalue weighted by molar-refractivity contribution is 0.282. The zero-order valence-electron chi connectivity index (χ0n) is 12.6. The van der Waals surface area contributed by atoms with Crippen molar-refractivity contribution in [1.29, 1.82) is 0 Å². The van der Waals surface area contributed by atoms with Crippen molar-refractivity contribution in [2.75, 3.05) is 38.5 Å². The van der Waals surface area contributed by atoms with Crippen LogP contribution in [0, 0.1) is 5.92 Å². The van der Waals surface area contributed by atoms with Crippen molar-refractivity contribution in [3.8, 4) is 0 Å². The fourth-order valence-electron chi connectivity index (χ4n) is 2.95. The van der Waals surface area contributed by atoms with E-state index in [9.17, 15) is 8.42 Å². The molecule has 6 heteroatoms. The van der Waals surface area contributed by atoms with E-state index in [2.05, 4.69) is 21.9 Å². The minimum Gasteiger partial charge on any atom is -0.317 e. The van der Waals surface area contributed by atoms with Crippen LogP contribution >= 0.6 is 0 Å². The predicted octanol–water partition coefficient (Wildman–Crippen LogP) is 0.780. The maximum Gasteiger partial charge on any atom is 0.211 e. The third kappa shape index (κ3) is 5.68. The average Bonchev–Trinajstić information content (AvgIpc) is 3.27. The van der Waals surface area contributed by atoms with Gasteiger partial charge in [0.2, 0.25) is 10.0 Å². The average molecular weight is 303 g/mol. The van der Waals surface area contributed by atoms with E-state index >= 15 is 0 Å². The molecular weight excluding hydrogens is 274 g/mol. The quantitative estimate of drug-likeness (QED) is 0.661. The second-order valence-electron chi connectivity index (χ2n) is 6.06. The molecule has 2 fully saturated rings. The first-order valence-corrected chi connectivity index (χ1v) is 9.68. The van der Waals surface area contributed by atoms with Crippen molar-refractivity contribution >= 4 is 10.0 Å². The molecule has 2 aliphatic rings.